The van der Waals surface area contributed by atoms with Crippen molar-refractivity contribution in [2.24, 2.45) is 0 Å². The summed E-state index contributed by atoms with van der Waals surface area (Å²) in [6.45, 7) is 1.22. The normalized spacial score (nSPS) is 24.3. The number of halogens is 1. The van der Waals surface area contributed by atoms with Crippen LogP contribution in [0.5, 0.6) is 0 Å². The van der Waals surface area contributed by atoms with Gasteiger partial charge in [-0.15, -0.1) is 0 Å². The van der Waals surface area contributed by atoms with E-state index in [0.717, 1.165) is 42.4 Å². The van der Waals surface area contributed by atoms with Gasteiger partial charge in [0.2, 0.25) is 0 Å². The van der Waals surface area contributed by atoms with E-state index in [0.29, 0.717) is 12.6 Å². The van der Waals surface area contributed by atoms with Gasteiger partial charge >= 0.3 is 0 Å². The van der Waals surface area contributed by atoms with Gasteiger partial charge in [-0.3, -0.25) is 4.79 Å². The van der Waals surface area contributed by atoms with E-state index in [4.69, 9.17) is 0 Å². The number of aliphatic hydroxyl groups is 1. The summed E-state index contributed by atoms with van der Waals surface area (Å²) < 4.78 is 3.03. The fourth-order valence-electron chi connectivity index (χ4n) is 2.57. The van der Waals surface area contributed by atoms with Crippen LogP contribution >= 0.6 is 15.9 Å². The first-order chi connectivity index (χ1) is 8.65. The van der Waals surface area contributed by atoms with Gasteiger partial charge in [-0.05, 0) is 47.7 Å². The molecule has 1 aromatic heterocycles. The van der Waals surface area contributed by atoms with Gasteiger partial charge in [-0.25, -0.2) is 0 Å². The largest absolute Gasteiger partial charge is 0.391 e. The lowest BCUT2D eigenvalue weighted by Gasteiger charge is -2.30. The van der Waals surface area contributed by atoms with Crippen LogP contribution in [-0.2, 0) is 0 Å². The maximum Gasteiger partial charge on any atom is 0.270 e. The van der Waals surface area contributed by atoms with Crippen LogP contribution in [0.25, 0.3) is 0 Å². The average molecular weight is 313 g/mol. The van der Waals surface area contributed by atoms with Crippen molar-refractivity contribution in [3.8, 4) is 0 Å². The maximum atomic E-state index is 12.5. The highest BCUT2D eigenvalue weighted by Gasteiger charge is 2.30. The SMILES string of the molecule is O=C(c1cc(Br)cn1C1CC1)N1CCCC(O)C1. The molecule has 4 nitrogen and oxygen atoms in total. The second kappa shape index (κ2) is 4.70. The monoisotopic (exact) mass is 312 g/mol. The van der Waals surface area contributed by atoms with Crippen LogP contribution in [0, 0.1) is 0 Å². The van der Waals surface area contributed by atoms with Crippen LogP contribution in [0.3, 0.4) is 0 Å². The lowest BCUT2D eigenvalue weighted by Crippen LogP contribution is -2.42. The number of nitrogens with zero attached hydrogens (tertiary/aromatic N) is 2. The van der Waals surface area contributed by atoms with Crippen LogP contribution in [0.4, 0.5) is 0 Å². The lowest BCUT2D eigenvalue weighted by molar-refractivity contribution is 0.0465. The van der Waals surface area contributed by atoms with Gasteiger partial charge in [0.15, 0.2) is 0 Å². The van der Waals surface area contributed by atoms with Crippen molar-refractivity contribution in [2.45, 2.75) is 37.8 Å². The summed E-state index contributed by atoms with van der Waals surface area (Å²) in [7, 11) is 0. The molecule has 1 saturated carbocycles. The Bertz CT molecular complexity index is 468. The molecule has 1 atom stereocenters. The van der Waals surface area contributed by atoms with E-state index < -0.39 is 0 Å². The standard InChI is InChI=1S/C13H17BrN2O2/c14-9-6-12(16(7-9)10-3-4-10)13(18)15-5-1-2-11(17)8-15/h6-7,10-11,17H,1-5,8H2. The van der Waals surface area contributed by atoms with Crippen LogP contribution in [0.15, 0.2) is 16.7 Å². The van der Waals surface area contributed by atoms with Crippen LogP contribution in [0.1, 0.15) is 42.2 Å². The second-order valence-electron chi connectivity index (χ2n) is 5.23. The minimum Gasteiger partial charge on any atom is -0.391 e. The smallest absolute Gasteiger partial charge is 0.270 e. The summed E-state index contributed by atoms with van der Waals surface area (Å²) in [5, 5.41) is 9.66. The Morgan fingerprint density at radius 2 is 2.17 bits per heavy atom. The molecule has 18 heavy (non-hydrogen) atoms. The molecular formula is C13H17BrN2O2. The predicted octanol–water partition coefficient (Wildman–Crippen LogP) is 2.18. The van der Waals surface area contributed by atoms with Crippen LogP contribution < -0.4 is 0 Å². The van der Waals surface area contributed by atoms with E-state index in [1.807, 2.05) is 12.3 Å². The first-order valence-electron chi connectivity index (χ1n) is 6.50. The molecule has 1 aromatic rings. The van der Waals surface area contributed by atoms with E-state index in [9.17, 15) is 9.90 Å². The third kappa shape index (κ3) is 2.34. The third-order valence-corrected chi connectivity index (χ3v) is 4.09. The first-order valence-corrected chi connectivity index (χ1v) is 7.29. The summed E-state index contributed by atoms with van der Waals surface area (Å²) >= 11 is 3.44. The molecule has 2 fully saturated rings. The molecule has 1 N–H and O–H groups in total. The Labute approximate surface area is 115 Å². The molecule has 0 bridgehead atoms. The molecule has 0 spiro atoms. The van der Waals surface area contributed by atoms with Gasteiger partial charge in [-0.2, -0.15) is 0 Å². The number of aliphatic hydroxyl groups excluding tert-OH is 1. The number of hydrogen-bond donors (Lipinski definition) is 1. The molecule has 0 radical (unpaired) electrons. The number of amides is 1. The molecule has 1 aliphatic carbocycles. The minimum atomic E-state index is -0.365. The number of hydrogen-bond acceptors (Lipinski definition) is 2. The molecule has 0 aromatic carbocycles. The number of carbonyl (C=O) groups is 1. The second-order valence-corrected chi connectivity index (χ2v) is 6.14. The molecule has 3 rings (SSSR count). The molecule has 98 valence electrons. The average Bonchev–Trinajstić information content (AvgIpc) is 3.12. The van der Waals surface area contributed by atoms with Crippen LogP contribution in [-0.4, -0.2) is 39.7 Å². The molecule has 2 aliphatic rings. The van der Waals surface area contributed by atoms with Crippen molar-refractivity contribution in [3.05, 3.63) is 22.4 Å². The fourth-order valence-corrected chi connectivity index (χ4v) is 3.01. The molecule has 1 saturated heterocycles. The van der Waals surface area contributed by atoms with Gasteiger partial charge in [-0.1, -0.05) is 0 Å². The summed E-state index contributed by atoms with van der Waals surface area (Å²) in [5.74, 6) is 0.0475. The van der Waals surface area contributed by atoms with Crippen molar-refractivity contribution >= 4 is 21.8 Å². The van der Waals surface area contributed by atoms with Crippen molar-refractivity contribution in [1.82, 2.24) is 9.47 Å². The number of carbonyl (C=O) groups excluding carboxylic acids is 1. The Morgan fingerprint density at radius 3 is 2.83 bits per heavy atom. The van der Waals surface area contributed by atoms with E-state index in [-0.39, 0.29) is 12.0 Å². The Morgan fingerprint density at radius 1 is 1.39 bits per heavy atom. The number of likely N-dealkylation sites (tertiary alicyclic amines) is 1. The van der Waals surface area contributed by atoms with E-state index >= 15 is 0 Å². The van der Waals surface area contributed by atoms with E-state index in [1.165, 1.54) is 0 Å². The summed E-state index contributed by atoms with van der Waals surface area (Å²) in [6, 6.07) is 2.38. The molecule has 2 heterocycles. The molecule has 5 heteroatoms. The van der Waals surface area contributed by atoms with Crippen molar-refractivity contribution in [2.75, 3.05) is 13.1 Å². The van der Waals surface area contributed by atoms with Crippen molar-refractivity contribution in [3.63, 3.8) is 0 Å². The number of β-amino-alcohol motifs (C(OH)–C–C–N with tert-alkyl or cyclic N) is 1. The van der Waals surface area contributed by atoms with E-state index in [1.54, 1.807) is 4.90 Å². The zero-order valence-corrected chi connectivity index (χ0v) is 11.8. The van der Waals surface area contributed by atoms with Gasteiger partial charge in [0, 0.05) is 29.8 Å². The number of rotatable bonds is 2. The fraction of sp³-hybridized carbons (Fsp3) is 0.615. The third-order valence-electron chi connectivity index (χ3n) is 3.66. The van der Waals surface area contributed by atoms with E-state index in [2.05, 4.69) is 20.5 Å². The van der Waals surface area contributed by atoms with Gasteiger partial charge in [0.1, 0.15) is 5.69 Å². The highest BCUT2D eigenvalue weighted by molar-refractivity contribution is 9.10. The molecular weight excluding hydrogens is 296 g/mol. The molecule has 1 amide bonds. The summed E-state index contributed by atoms with van der Waals surface area (Å²) in [6.07, 6.45) is 5.63. The molecule has 1 unspecified atom stereocenters. The Hall–Kier alpha value is -0.810. The van der Waals surface area contributed by atoms with Gasteiger partial charge < -0.3 is 14.6 Å². The quantitative estimate of drug-likeness (QED) is 0.910. The van der Waals surface area contributed by atoms with Gasteiger partial charge in [0.25, 0.3) is 5.91 Å². The highest BCUT2D eigenvalue weighted by Crippen LogP contribution is 2.37. The lowest BCUT2D eigenvalue weighted by atomic mass is 10.1. The number of aromatic nitrogens is 1. The topological polar surface area (TPSA) is 45.5 Å². The van der Waals surface area contributed by atoms with Crippen molar-refractivity contribution in [1.29, 1.82) is 0 Å². The summed E-state index contributed by atoms with van der Waals surface area (Å²) in [5.41, 5.74) is 0.749. The van der Waals surface area contributed by atoms with Gasteiger partial charge in [0.05, 0.1) is 6.10 Å². The first kappa shape index (κ1) is 12.2. The summed E-state index contributed by atoms with van der Waals surface area (Å²) in [4.78, 5) is 14.3. The van der Waals surface area contributed by atoms with Crippen molar-refractivity contribution < 1.29 is 9.90 Å². The zero-order chi connectivity index (χ0) is 12.7. The predicted molar refractivity (Wildman–Crippen MR) is 71.5 cm³/mol. The Kier molecular flexibility index (Phi) is 3.20. The van der Waals surface area contributed by atoms with Crippen LogP contribution in [0.2, 0.25) is 0 Å². The Balaban J connectivity index is 1.82. The number of piperidine rings is 1. The molecule has 1 aliphatic heterocycles. The zero-order valence-electron chi connectivity index (χ0n) is 10.2. The maximum absolute atomic E-state index is 12.5. The highest BCUT2D eigenvalue weighted by atomic mass is 79.9. The minimum absolute atomic E-state index is 0.0475.